The Bertz CT molecular complexity index is 631. The average molecular weight is 290 g/mol. The molecule has 0 atom stereocenters. The Morgan fingerprint density at radius 3 is 2.65 bits per heavy atom. The second kappa shape index (κ2) is 6.45. The molecular formula is C15H15FN2OS. The van der Waals surface area contributed by atoms with Gasteiger partial charge in [0.15, 0.2) is 0 Å². The van der Waals surface area contributed by atoms with Gasteiger partial charge in [0.2, 0.25) is 0 Å². The van der Waals surface area contributed by atoms with Crippen LogP contribution < -0.4 is 11.1 Å². The number of benzene rings is 2. The van der Waals surface area contributed by atoms with Gasteiger partial charge in [-0.1, -0.05) is 24.4 Å². The Hall–Kier alpha value is -1.98. The van der Waals surface area contributed by atoms with Gasteiger partial charge in [0, 0.05) is 24.0 Å². The van der Waals surface area contributed by atoms with E-state index in [1.54, 1.807) is 19.2 Å². The standard InChI is InChI=1S/C15H15FN2OS/c1-19-9-10-3-2-4-11(7-10)18-12-5-6-13(15(17)20)14(16)8-12/h2-8,18H,9H2,1H3,(H2,17,20). The summed E-state index contributed by atoms with van der Waals surface area (Å²) < 4.78 is 18.9. The Balaban J connectivity index is 2.19. The van der Waals surface area contributed by atoms with Gasteiger partial charge in [0.1, 0.15) is 10.8 Å². The minimum atomic E-state index is -0.435. The van der Waals surface area contributed by atoms with E-state index in [1.807, 2.05) is 24.3 Å². The van der Waals surface area contributed by atoms with Crippen molar-refractivity contribution < 1.29 is 9.13 Å². The highest BCUT2D eigenvalue weighted by Gasteiger charge is 2.06. The molecule has 0 heterocycles. The largest absolute Gasteiger partial charge is 0.389 e. The van der Waals surface area contributed by atoms with Crippen LogP contribution in [-0.4, -0.2) is 12.1 Å². The zero-order valence-corrected chi connectivity index (χ0v) is 11.8. The number of rotatable bonds is 5. The minimum Gasteiger partial charge on any atom is -0.389 e. The van der Waals surface area contributed by atoms with Gasteiger partial charge < -0.3 is 15.8 Å². The first kappa shape index (κ1) is 14.4. The maximum Gasteiger partial charge on any atom is 0.135 e. The lowest BCUT2D eigenvalue weighted by Gasteiger charge is -2.09. The summed E-state index contributed by atoms with van der Waals surface area (Å²) in [5, 5.41) is 3.13. The summed E-state index contributed by atoms with van der Waals surface area (Å²) in [5.41, 5.74) is 8.22. The lowest BCUT2D eigenvalue weighted by atomic mass is 10.1. The first-order valence-electron chi connectivity index (χ1n) is 6.04. The van der Waals surface area contributed by atoms with Gasteiger partial charge in [-0.2, -0.15) is 0 Å². The van der Waals surface area contributed by atoms with Crippen molar-refractivity contribution in [1.82, 2.24) is 0 Å². The van der Waals surface area contributed by atoms with Crippen LogP contribution in [0.5, 0.6) is 0 Å². The first-order chi connectivity index (χ1) is 9.60. The van der Waals surface area contributed by atoms with Gasteiger partial charge in [0.05, 0.1) is 6.61 Å². The van der Waals surface area contributed by atoms with E-state index in [0.29, 0.717) is 12.3 Å². The molecule has 0 saturated carbocycles. The molecule has 20 heavy (non-hydrogen) atoms. The van der Waals surface area contributed by atoms with Crippen LogP contribution in [0.25, 0.3) is 0 Å². The van der Waals surface area contributed by atoms with Crippen LogP contribution in [-0.2, 0) is 11.3 Å². The molecule has 0 amide bonds. The van der Waals surface area contributed by atoms with E-state index < -0.39 is 5.82 Å². The van der Waals surface area contributed by atoms with Crippen LogP contribution >= 0.6 is 12.2 Å². The highest BCUT2D eigenvalue weighted by molar-refractivity contribution is 7.80. The Morgan fingerprint density at radius 2 is 2.00 bits per heavy atom. The second-order valence-electron chi connectivity index (χ2n) is 4.32. The van der Waals surface area contributed by atoms with Crippen molar-refractivity contribution in [3.63, 3.8) is 0 Å². The van der Waals surface area contributed by atoms with E-state index in [9.17, 15) is 4.39 Å². The smallest absolute Gasteiger partial charge is 0.135 e. The number of thiocarbonyl (C=S) groups is 1. The summed E-state index contributed by atoms with van der Waals surface area (Å²) in [7, 11) is 1.64. The lowest BCUT2D eigenvalue weighted by molar-refractivity contribution is 0.185. The fourth-order valence-electron chi connectivity index (χ4n) is 1.86. The molecule has 0 aliphatic heterocycles. The van der Waals surface area contributed by atoms with Gasteiger partial charge >= 0.3 is 0 Å². The van der Waals surface area contributed by atoms with Gasteiger partial charge in [-0.3, -0.25) is 0 Å². The maximum atomic E-state index is 13.8. The Kier molecular flexibility index (Phi) is 4.65. The molecule has 104 valence electrons. The minimum absolute atomic E-state index is 0.0520. The fourth-order valence-corrected chi connectivity index (χ4v) is 2.03. The first-order valence-corrected chi connectivity index (χ1v) is 6.45. The van der Waals surface area contributed by atoms with Gasteiger partial charge in [-0.25, -0.2) is 4.39 Å². The third-order valence-electron chi connectivity index (χ3n) is 2.76. The predicted octanol–water partition coefficient (Wildman–Crippen LogP) is 3.35. The zero-order chi connectivity index (χ0) is 14.5. The summed E-state index contributed by atoms with van der Waals surface area (Å²) in [4.78, 5) is 0.0520. The maximum absolute atomic E-state index is 13.8. The van der Waals surface area contributed by atoms with Gasteiger partial charge in [-0.15, -0.1) is 0 Å². The predicted molar refractivity (Wildman–Crippen MR) is 82.7 cm³/mol. The van der Waals surface area contributed by atoms with Gasteiger partial charge in [-0.05, 0) is 35.9 Å². The number of nitrogens with two attached hydrogens (primary N) is 1. The molecule has 0 aliphatic rings. The summed E-state index contributed by atoms with van der Waals surface area (Å²) in [6.45, 7) is 0.532. The van der Waals surface area contributed by atoms with E-state index in [2.05, 4.69) is 5.32 Å². The second-order valence-corrected chi connectivity index (χ2v) is 4.76. The lowest BCUT2D eigenvalue weighted by Crippen LogP contribution is -2.11. The van der Waals surface area contributed by atoms with Crippen LogP contribution in [0, 0.1) is 5.82 Å². The van der Waals surface area contributed by atoms with E-state index in [4.69, 9.17) is 22.7 Å². The molecule has 0 spiro atoms. The monoisotopic (exact) mass is 290 g/mol. The molecule has 3 nitrogen and oxygen atoms in total. The van der Waals surface area contributed by atoms with E-state index in [1.165, 1.54) is 6.07 Å². The van der Waals surface area contributed by atoms with E-state index in [0.717, 1.165) is 11.3 Å². The molecule has 2 aromatic rings. The number of halogens is 1. The third-order valence-corrected chi connectivity index (χ3v) is 2.98. The summed E-state index contributed by atoms with van der Waals surface area (Å²) in [6, 6.07) is 12.4. The molecule has 0 aliphatic carbocycles. The molecule has 3 N–H and O–H groups in total. The molecule has 0 aromatic heterocycles. The number of nitrogens with one attached hydrogen (secondary N) is 1. The van der Waals surface area contributed by atoms with Gasteiger partial charge in [0.25, 0.3) is 0 Å². The Labute approximate surface area is 122 Å². The van der Waals surface area contributed by atoms with Crippen LogP contribution in [0.1, 0.15) is 11.1 Å². The number of anilines is 2. The number of hydrogen-bond acceptors (Lipinski definition) is 3. The van der Waals surface area contributed by atoms with Crippen molar-refractivity contribution in [2.24, 2.45) is 5.73 Å². The Morgan fingerprint density at radius 1 is 1.25 bits per heavy atom. The molecule has 0 unspecified atom stereocenters. The molecule has 5 heteroatoms. The molecule has 2 rings (SSSR count). The average Bonchev–Trinajstić information content (AvgIpc) is 2.39. The molecule has 0 bridgehead atoms. The van der Waals surface area contributed by atoms with Crippen molar-refractivity contribution >= 4 is 28.6 Å². The highest BCUT2D eigenvalue weighted by Crippen LogP contribution is 2.20. The number of methoxy groups -OCH3 is 1. The van der Waals surface area contributed by atoms with Crippen LogP contribution in [0.3, 0.4) is 0 Å². The van der Waals surface area contributed by atoms with Crippen LogP contribution in [0.2, 0.25) is 0 Å². The zero-order valence-electron chi connectivity index (χ0n) is 11.0. The van der Waals surface area contributed by atoms with E-state index in [-0.39, 0.29) is 10.6 Å². The summed E-state index contributed by atoms with van der Waals surface area (Å²) in [6.07, 6.45) is 0. The number of ether oxygens (including phenoxy) is 1. The summed E-state index contributed by atoms with van der Waals surface area (Å²) in [5.74, 6) is -0.435. The SMILES string of the molecule is COCc1cccc(Nc2ccc(C(N)=S)c(F)c2)c1. The molecular weight excluding hydrogens is 275 g/mol. The molecule has 0 radical (unpaired) electrons. The van der Waals surface area contributed by atoms with Crippen molar-refractivity contribution in [1.29, 1.82) is 0 Å². The van der Waals surface area contributed by atoms with Crippen LogP contribution in [0.15, 0.2) is 42.5 Å². The van der Waals surface area contributed by atoms with Crippen molar-refractivity contribution in [2.75, 3.05) is 12.4 Å². The normalized spacial score (nSPS) is 10.3. The number of hydrogen-bond donors (Lipinski definition) is 2. The quantitative estimate of drug-likeness (QED) is 0.829. The molecule has 2 aromatic carbocycles. The van der Waals surface area contributed by atoms with E-state index >= 15 is 0 Å². The van der Waals surface area contributed by atoms with Crippen molar-refractivity contribution in [2.45, 2.75) is 6.61 Å². The van der Waals surface area contributed by atoms with Crippen molar-refractivity contribution in [3.8, 4) is 0 Å². The third kappa shape index (κ3) is 3.53. The van der Waals surface area contributed by atoms with Crippen LogP contribution in [0.4, 0.5) is 15.8 Å². The fraction of sp³-hybridized carbons (Fsp3) is 0.133. The van der Waals surface area contributed by atoms with Crippen molar-refractivity contribution in [3.05, 3.63) is 59.4 Å². The topological polar surface area (TPSA) is 47.3 Å². The molecule has 0 fully saturated rings. The highest BCUT2D eigenvalue weighted by atomic mass is 32.1. The molecule has 0 saturated heterocycles. The summed E-state index contributed by atoms with van der Waals surface area (Å²) >= 11 is 4.77.